The number of quaternary nitrogens is 1. The van der Waals surface area contributed by atoms with E-state index in [0.717, 1.165) is 13.1 Å². The number of hydrogen-bond donors (Lipinski definition) is 2. The van der Waals surface area contributed by atoms with Crippen molar-refractivity contribution < 1.29 is 14.4 Å². The minimum atomic E-state index is -0.0208. The van der Waals surface area contributed by atoms with Gasteiger partial charge in [0.25, 0.3) is 5.91 Å². The van der Waals surface area contributed by atoms with Crippen molar-refractivity contribution in [2.75, 3.05) is 33.3 Å². The Balaban J connectivity index is 1.79. The van der Waals surface area contributed by atoms with Gasteiger partial charge in [-0.25, -0.2) is 0 Å². The van der Waals surface area contributed by atoms with E-state index in [1.807, 2.05) is 12.1 Å². The summed E-state index contributed by atoms with van der Waals surface area (Å²) in [5.41, 5.74) is 0.658. The zero-order valence-corrected chi connectivity index (χ0v) is 10.9. The van der Waals surface area contributed by atoms with Crippen LogP contribution >= 0.6 is 0 Å². The van der Waals surface area contributed by atoms with Crippen LogP contribution in [0, 0.1) is 0 Å². The zero-order chi connectivity index (χ0) is 12.8. The third-order valence-electron chi connectivity index (χ3n) is 3.41. The highest BCUT2D eigenvalue weighted by Crippen LogP contribution is 2.11. The van der Waals surface area contributed by atoms with Gasteiger partial charge in [-0.3, -0.25) is 4.79 Å². The first-order valence-corrected chi connectivity index (χ1v) is 6.55. The Labute approximate surface area is 108 Å². The summed E-state index contributed by atoms with van der Waals surface area (Å²) in [5, 5.41) is 2.96. The Bertz CT molecular complexity index is 401. The summed E-state index contributed by atoms with van der Waals surface area (Å²) >= 11 is 0. The number of rotatable bonds is 5. The highest BCUT2D eigenvalue weighted by atomic mass is 16.5. The van der Waals surface area contributed by atoms with E-state index >= 15 is 0 Å². The summed E-state index contributed by atoms with van der Waals surface area (Å²) in [6.45, 7) is 4.26. The molecule has 18 heavy (non-hydrogen) atoms. The maximum Gasteiger partial charge on any atom is 0.251 e. The molecule has 0 atom stereocenters. The number of carbonyl (C=O) groups is 1. The molecule has 4 nitrogen and oxygen atoms in total. The maximum absolute atomic E-state index is 11.9. The van der Waals surface area contributed by atoms with Crippen LogP contribution in [0.5, 0.6) is 5.75 Å². The van der Waals surface area contributed by atoms with Crippen molar-refractivity contribution >= 4 is 5.91 Å². The summed E-state index contributed by atoms with van der Waals surface area (Å²) in [4.78, 5) is 13.5. The molecule has 0 spiro atoms. The third kappa shape index (κ3) is 3.47. The number of methoxy groups -OCH3 is 1. The van der Waals surface area contributed by atoms with Crippen LogP contribution in [0.4, 0.5) is 0 Å². The van der Waals surface area contributed by atoms with Gasteiger partial charge in [0, 0.05) is 18.4 Å². The van der Waals surface area contributed by atoms with Crippen molar-refractivity contribution in [1.82, 2.24) is 5.32 Å². The molecule has 1 heterocycles. The molecule has 1 aromatic rings. The lowest BCUT2D eigenvalue weighted by Crippen LogP contribution is -3.10. The van der Waals surface area contributed by atoms with Crippen LogP contribution in [-0.2, 0) is 0 Å². The first kappa shape index (κ1) is 12.9. The topological polar surface area (TPSA) is 42.8 Å². The first-order chi connectivity index (χ1) is 8.79. The van der Waals surface area contributed by atoms with Gasteiger partial charge in [-0.05, 0) is 18.2 Å². The lowest BCUT2D eigenvalue weighted by atomic mass is 10.2. The van der Waals surface area contributed by atoms with Crippen molar-refractivity contribution in [1.29, 1.82) is 0 Å². The molecule has 1 aliphatic heterocycles. The Morgan fingerprint density at radius 2 is 2.17 bits per heavy atom. The second-order valence-electron chi connectivity index (χ2n) is 4.69. The van der Waals surface area contributed by atoms with E-state index in [1.54, 1.807) is 24.1 Å². The Hall–Kier alpha value is -1.55. The zero-order valence-electron chi connectivity index (χ0n) is 10.9. The highest BCUT2D eigenvalue weighted by Gasteiger charge is 2.15. The van der Waals surface area contributed by atoms with Gasteiger partial charge >= 0.3 is 0 Å². The average Bonchev–Trinajstić information content (AvgIpc) is 2.92. The molecule has 0 unspecified atom stereocenters. The number of benzene rings is 1. The standard InChI is InChI=1S/C14H20N2O2/c1-18-13-6-4-5-12(11-13)14(17)15-7-10-16-8-2-3-9-16/h4-6,11H,2-3,7-10H2,1H3,(H,15,17)/p+1. The van der Waals surface area contributed by atoms with Crippen molar-refractivity contribution in [3.63, 3.8) is 0 Å². The van der Waals surface area contributed by atoms with Crippen LogP contribution in [0.25, 0.3) is 0 Å². The van der Waals surface area contributed by atoms with Gasteiger partial charge in [0.2, 0.25) is 0 Å². The quantitative estimate of drug-likeness (QED) is 0.777. The molecule has 98 valence electrons. The van der Waals surface area contributed by atoms with Crippen LogP contribution in [0.1, 0.15) is 23.2 Å². The molecule has 1 fully saturated rings. The van der Waals surface area contributed by atoms with Crippen LogP contribution in [0.3, 0.4) is 0 Å². The van der Waals surface area contributed by atoms with Gasteiger partial charge in [0.05, 0.1) is 33.3 Å². The largest absolute Gasteiger partial charge is 0.497 e. The molecular weight excluding hydrogens is 228 g/mol. The lowest BCUT2D eigenvalue weighted by molar-refractivity contribution is -0.886. The second kappa shape index (κ2) is 6.40. The number of hydrogen-bond acceptors (Lipinski definition) is 2. The SMILES string of the molecule is COc1cccc(C(=O)NCC[NH+]2CCCC2)c1. The van der Waals surface area contributed by atoms with Crippen LogP contribution < -0.4 is 15.0 Å². The maximum atomic E-state index is 11.9. The molecule has 2 rings (SSSR count). The molecule has 0 aromatic heterocycles. The van der Waals surface area contributed by atoms with Crippen LogP contribution in [-0.4, -0.2) is 39.2 Å². The molecule has 0 radical (unpaired) electrons. The van der Waals surface area contributed by atoms with Gasteiger partial charge in [-0.2, -0.15) is 0 Å². The van der Waals surface area contributed by atoms with Crippen molar-refractivity contribution in [3.05, 3.63) is 29.8 Å². The number of nitrogens with one attached hydrogen (secondary N) is 2. The summed E-state index contributed by atoms with van der Waals surface area (Å²) in [7, 11) is 1.60. The fraction of sp³-hybridized carbons (Fsp3) is 0.500. The highest BCUT2D eigenvalue weighted by molar-refractivity contribution is 5.94. The molecule has 1 aliphatic rings. The van der Waals surface area contributed by atoms with Gasteiger partial charge < -0.3 is 15.0 Å². The van der Waals surface area contributed by atoms with Crippen LogP contribution in [0.2, 0.25) is 0 Å². The number of amides is 1. The van der Waals surface area contributed by atoms with Crippen molar-refractivity contribution in [2.24, 2.45) is 0 Å². The van der Waals surface area contributed by atoms with Crippen molar-refractivity contribution in [3.8, 4) is 5.75 Å². The summed E-state index contributed by atoms with van der Waals surface area (Å²) in [5.74, 6) is 0.695. The van der Waals surface area contributed by atoms with E-state index in [4.69, 9.17) is 4.74 Å². The van der Waals surface area contributed by atoms with E-state index in [9.17, 15) is 4.79 Å². The van der Waals surface area contributed by atoms with Gasteiger partial charge in [0.1, 0.15) is 5.75 Å². The van der Waals surface area contributed by atoms with Crippen molar-refractivity contribution in [2.45, 2.75) is 12.8 Å². The molecule has 0 bridgehead atoms. The molecule has 2 N–H and O–H groups in total. The summed E-state index contributed by atoms with van der Waals surface area (Å²) in [6.07, 6.45) is 2.64. The van der Waals surface area contributed by atoms with E-state index in [1.165, 1.54) is 25.9 Å². The number of ether oxygens (including phenoxy) is 1. The minimum absolute atomic E-state index is 0.0208. The number of likely N-dealkylation sites (tertiary alicyclic amines) is 1. The molecule has 1 aromatic carbocycles. The second-order valence-corrected chi connectivity index (χ2v) is 4.69. The Morgan fingerprint density at radius 1 is 1.39 bits per heavy atom. The van der Waals surface area contributed by atoms with Gasteiger partial charge in [-0.15, -0.1) is 0 Å². The molecule has 1 amide bonds. The molecule has 1 saturated heterocycles. The first-order valence-electron chi connectivity index (χ1n) is 6.55. The molecule has 0 aliphatic carbocycles. The lowest BCUT2D eigenvalue weighted by Gasteiger charge is -2.12. The molecule has 0 saturated carbocycles. The van der Waals surface area contributed by atoms with Crippen LogP contribution in [0.15, 0.2) is 24.3 Å². The summed E-state index contributed by atoms with van der Waals surface area (Å²) < 4.78 is 5.11. The Morgan fingerprint density at radius 3 is 2.89 bits per heavy atom. The van der Waals surface area contributed by atoms with E-state index in [-0.39, 0.29) is 5.91 Å². The smallest absolute Gasteiger partial charge is 0.251 e. The molecule has 4 heteroatoms. The predicted molar refractivity (Wildman–Crippen MR) is 70.1 cm³/mol. The fourth-order valence-electron chi connectivity index (χ4n) is 2.34. The van der Waals surface area contributed by atoms with E-state index in [0.29, 0.717) is 11.3 Å². The fourth-order valence-corrected chi connectivity index (χ4v) is 2.34. The number of carbonyl (C=O) groups excluding carboxylic acids is 1. The third-order valence-corrected chi connectivity index (χ3v) is 3.41. The molecular formula is C14H21N2O2+. The summed E-state index contributed by atoms with van der Waals surface area (Å²) in [6, 6.07) is 7.24. The van der Waals surface area contributed by atoms with Gasteiger partial charge in [-0.1, -0.05) is 6.07 Å². The Kier molecular flexibility index (Phi) is 4.59. The predicted octanol–water partition coefficient (Wildman–Crippen LogP) is 0.104. The normalized spacial score (nSPS) is 15.6. The average molecular weight is 249 g/mol. The van der Waals surface area contributed by atoms with Gasteiger partial charge in [0.15, 0.2) is 0 Å². The van der Waals surface area contributed by atoms with E-state index < -0.39 is 0 Å². The minimum Gasteiger partial charge on any atom is -0.497 e. The monoisotopic (exact) mass is 249 g/mol. The van der Waals surface area contributed by atoms with E-state index in [2.05, 4.69) is 5.32 Å².